The van der Waals surface area contributed by atoms with Crippen LogP contribution >= 0.6 is 11.6 Å². The average Bonchev–Trinajstić information content (AvgIpc) is 2.29. The molecule has 1 fully saturated rings. The summed E-state index contributed by atoms with van der Waals surface area (Å²) in [6.45, 7) is 2.80. The summed E-state index contributed by atoms with van der Waals surface area (Å²) in [6, 6.07) is 0. The maximum atomic E-state index is 12.4. The van der Waals surface area contributed by atoms with Crippen molar-refractivity contribution in [3.8, 4) is 0 Å². The van der Waals surface area contributed by atoms with Gasteiger partial charge in [0.25, 0.3) is 0 Å². The highest BCUT2D eigenvalue weighted by Gasteiger charge is 2.34. The molecule has 4 nitrogen and oxygen atoms in total. The van der Waals surface area contributed by atoms with Crippen LogP contribution in [0.15, 0.2) is 6.20 Å². The minimum atomic E-state index is -4.52. The SMILES string of the molecule is FC(F)(F)c1cnc(N2CCNCC2)c(Cl)n1. The van der Waals surface area contributed by atoms with Crippen LogP contribution in [0.1, 0.15) is 5.69 Å². The van der Waals surface area contributed by atoms with E-state index < -0.39 is 11.9 Å². The van der Waals surface area contributed by atoms with Crippen molar-refractivity contribution in [2.24, 2.45) is 0 Å². The van der Waals surface area contributed by atoms with Gasteiger partial charge in [0.1, 0.15) is 0 Å². The van der Waals surface area contributed by atoms with Crippen molar-refractivity contribution in [3.05, 3.63) is 17.0 Å². The molecule has 1 aromatic heterocycles. The van der Waals surface area contributed by atoms with E-state index >= 15 is 0 Å². The lowest BCUT2D eigenvalue weighted by atomic mass is 10.3. The second-order valence-electron chi connectivity index (χ2n) is 3.60. The minimum Gasteiger partial charge on any atom is -0.352 e. The first-order valence-corrected chi connectivity index (χ1v) is 5.41. The van der Waals surface area contributed by atoms with E-state index in [2.05, 4.69) is 15.3 Å². The van der Waals surface area contributed by atoms with E-state index in [4.69, 9.17) is 11.6 Å². The Labute approximate surface area is 101 Å². The Morgan fingerprint density at radius 1 is 1.29 bits per heavy atom. The molecule has 17 heavy (non-hydrogen) atoms. The predicted molar refractivity (Wildman–Crippen MR) is 57.1 cm³/mol. The number of nitrogens with one attached hydrogen (secondary N) is 1. The molecule has 0 unspecified atom stereocenters. The average molecular weight is 267 g/mol. The molecule has 0 aliphatic carbocycles. The van der Waals surface area contributed by atoms with Crippen LogP contribution in [-0.2, 0) is 6.18 Å². The van der Waals surface area contributed by atoms with Crippen molar-refractivity contribution in [1.29, 1.82) is 0 Å². The molecule has 0 radical (unpaired) electrons. The molecule has 1 saturated heterocycles. The van der Waals surface area contributed by atoms with Gasteiger partial charge in [0.15, 0.2) is 16.7 Å². The first-order chi connectivity index (χ1) is 7.98. The Morgan fingerprint density at radius 3 is 2.47 bits per heavy atom. The van der Waals surface area contributed by atoms with Gasteiger partial charge in [-0.05, 0) is 0 Å². The van der Waals surface area contributed by atoms with Crippen LogP contribution in [0.4, 0.5) is 19.0 Å². The molecule has 1 N–H and O–H groups in total. The summed E-state index contributed by atoms with van der Waals surface area (Å²) < 4.78 is 37.1. The van der Waals surface area contributed by atoms with Gasteiger partial charge in [-0.15, -0.1) is 0 Å². The molecule has 0 spiro atoms. The van der Waals surface area contributed by atoms with Crippen molar-refractivity contribution >= 4 is 17.4 Å². The quantitative estimate of drug-likeness (QED) is 0.838. The highest BCUT2D eigenvalue weighted by molar-refractivity contribution is 6.31. The summed E-state index contributed by atoms with van der Waals surface area (Å²) in [5, 5.41) is 2.92. The zero-order valence-corrected chi connectivity index (χ0v) is 9.52. The van der Waals surface area contributed by atoms with Crippen molar-refractivity contribution in [1.82, 2.24) is 15.3 Å². The van der Waals surface area contributed by atoms with Crippen molar-refractivity contribution in [2.75, 3.05) is 31.1 Å². The number of hydrogen-bond donors (Lipinski definition) is 1. The molecule has 0 bridgehead atoms. The van der Waals surface area contributed by atoms with Crippen LogP contribution < -0.4 is 10.2 Å². The van der Waals surface area contributed by atoms with Gasteiger partial charge in [-0.25, -0.2) is 9.97 Å². The van der Waals surface area contributed by atoms with E-state index in [0.29, 0.717) is 25.1 Å². The second kappa shape index (κ2) is 4.66. The minimum absolute atomic E-state index is 0.207. The van der Waals surface area contributed by atoms with Crippen molar-refractivity contribution < 1.29 is 13.2 Å². The summed E-state index contributed by atoms with van der Waals surface area (Å²) in [7, 11) is 0. The fraction of sp³-hybridized carbons (Fsp3) is 0.556. The molecule has 1 aromatic rings. The molecule has 1 aliphatic heterocycles. The van der Waals surface area contributed by atoms with Gasteiger partial charge in [0.05, 0.1) is 6.20 Å². The number of piperazine rings is 1. The van der Waals surface area contributed by atoms with Gasteiger partial charge >= 0.3 is 6.18 Å². The summed E-state index contributed by atoms with van der Waals surface area (Å²) in [4.78, 5) is 8.90. The van der Waals surface area contributed by atoms with Gasteiger partial charge in [-0.1, -0.05) is 11.6 Å². The first-order valence-electron chi connectivity index (χ1n) is 5.04. The number of aromatic nitrogens is 2. The van der Waals surface area contributed by atoms with Crippen LogP contribution in [0.5, 0.6) is 0 Å². The third-order valence-electron chi connectivity index (χ3n) is 2.42. The second-order valence-corrected chi connectivity index (χ2v) is 3.96. The van der Waals surface area contributed by atoms with E-state index in [1.54, 1.807) is 0 Å². The number of nitrogens with zero attached hydrogens (tertiary/aromatic N) is 3. The normalized spacial score (nSPS) is 17.3. The van der Waals surface area contributed by atoms with Gasteiger partial charge < -0.3 is 10.2 Å². The number of alkyl halides is 3. The Balaban J connectivity index is 2.25. The number of rotatable bonds is 1. The molecule has 94 valence electrons. The van der Waals surface area contributed by atoms with E-state index in [0.717, 1.165) is 13.1 Å². The Morgan fingerprint density at radius 2 is 1.94 bits per heavy atom. The topological polar surface area (TPSA) is 41.1 Å². The lowest BCUT2D eigenvalue weighted by Crippen LogP contribution is -2.44. The largest absolute Gasteiger partial charge is 0.434 e. The molecule has 1 aliphatic rings. The summed E-state index contributed by atoms with van der Waals surface area (Å²) in [5.74, 6) is 0.307. The lowest BCUT2D eigenvalue weighted by Gasteiger charge is -2.28. The van der Waals surface area contributed by atoms with Crippen LogP contribution in [0, 0.1) is 0 Å². The van der Waals surface area contributed by atoms with Crippen molar-refractivity contribution in [3.63, 3.8) is 0 Å². The maximum absolute atomic E-state index is 12.4. The number of anilines is 1. The zero-order chi connectivity index (χ0) is 12.5. The molecular weight excluding hydrogens is 257 g/mol. The molecule has 0 saturated carbocycles. The molecule has 0 atom stereocenters. The Hall–Kier alpha value is -1.08. The Bertz CT molecular complexity index is 404. The van der Waals surface area contributed by atoms with E-state index in [9.17, 15) is 13.2 Å². The molecule has 8 heteroatoms. The van der Waals surface area contributed by atoms with Gasteiger partial charge in [0.2, 0.25) is 0 Å². The predicted octanol–water partition coefficient (Wildman–Crippen LogP) is 1.56. The van der Waals surface area contributed by atoms with E-state index in [1.165, 1.54) is 0 Å². The highest BCUT2D eigenvalue weighted by Crippen LogP contribution is 2.30. The smallest absolute Gasteiger partial charge is 0.352 e. The monoisotopic (exact) mass is 266 g/mol. The molecule has 2 rings (SSSR count). The van der Waals surface area contributed by atoms with E-state index in [1.807, 2.05) is 4.90 Å². The van der Waals surface area contributed by atoms with Crippen LogP contribution in [-0.4, -0.2) is 36.1 Å². The van der Waals surface area contributed by atoms with E-state index in [-0.39, 0.29) is 5.15 Å². The van der Waals surface area contributed by atoms with Crippen molar-refractivity contribution in [2.45, 2.75) is 6.18 Å². The molecule has 0 amide bonds. The summed E-state index contributed by atoms with van der Waals surface area (Å²) in [6.07, 6.45) is -3.80. The fourth-order valence-electron chi connectivity index (χ4n) is 1.59. The van der Waals surface area contributed by atoms with Crippen LogP contribution in [0.25, 0.3) is 0 Å². The zero-order valence-electron chi connectivity index (χ0n) is 8.76. The number of halogens is 4. The summed E-state index contributed by atoms with van der Waals surface area (Å²) in [5.41, 5.74) is -1.07. The maximum Gasteiger partial charge on any atom is 0.434 e. The van der Waals surface area contributed by atoms with Crippen LogP contribution in [0.2, 0.25) is 5.15 Å². The Kier molecular flexibility index (Phi) is 3.39. The van der Waals surface area contributed by atoms with Gasteiger partial charge in [0, 0.05) is 26.2 Å². The molecular formula is C9H10ClF3N4. The first kappa shape index (κ1) is 12.4. The summed E-state index contributed by atoms with van der Waals surface area (Å²) >= 11 is 5.73. The third-order valence-corrected chi connectivity index (χ3v) is 2.67. The molecule has 0 aromatic carbocycles. The van der Waals surface area contributed by atoms with Gasteiger partial charge in [-0.3, -0.25) is 0 Å². The third kappa shape index (κ3) is 2.78. The molecule has 2 heterocycles. The highest BCUT2D eigenvalue weighted by atomic mass is 35.5. The van der Waals surface area contributed by atoms with Crippen LogP contribution in [0.3, 0.4) is 0 Å². The number of hydrogen-bond acceptors (Lipinski definition) is 4. The fourth-order valence-corrected chi connectivity index (χ4v) is 1.84. The van der Waals surface area contributed by atoms with Gasteiger partial charge in [-0.2, -0.15) is 13.2 Å². The standard InChI is InChI=1S/C9H10ClF3N4/c10-7-8(17-3-1-14-2-4-17)15-5-6(16-7)9(11,12)13/h5,14H,1-4H2. The lowest BCUT2D eigenvalue weighted by molar-refractivity contribution is -0.141.